The number of rotatable bonds is 4. The highest BCUT2D eigenvalue weighted by Gasteiger charge is 2.35. The molecule has 1 N–H and O–H groups in total. The topological polar surface area (TPSA) is 32.3 Å². The smallest absolute Gasteiger partial charge is 0.227 e. The van der Waals surface area contributed by atoms with Gasteiger partial charge in [0.25, 0.3) is 0 Å². The number of hydrogen-bond acceptors (Lipinski definition) is 2. The normalized spacial score (nSPS) is 24.3. The second-order valence-electron chi connectivity index (χ2n) is 4.63. The van der Waals surface area contributed by atoms with E-state index < -0.39 is 0 Å². The highest BCUT2D eigenvalue weighted by Crippen LogP contribution is 2.23. The molecule has 0 aliphatic carbocycles. The van der Waals surface area contributed by atoms with Gasteiger partial charge >= 0.3 is 0 Å². The van der Waals surface area contributed by atoms with Gasteiger partial charge in [0.1, 0.15) is 0 Å². The van der Waals surface area contributed by atoms with E-state index >= 15 is 0 Å². The third-order valence-corrected chi connectivity index (χ3v) is 3.38. The Bertz CT molecular complexity index is 217. The van der Waals surface area contributed by atoms with Crippen molar-refractivity contribution in [3.8, 4) is 0 Å². The van der Waals surface area contributed by atoms with Crippen LogP contribution in [0.4, 0.5) is 0 Å². The molecule has 16 heavy (non-hydrogen) atoms. The lowest BCUT2D eigenvalue weighted by atomic mass is 9.90. The van der Waals surface area contributed by atoms with Gasteiger partial charge in [-0.2, -0.15) is 0 Å². The van der Waals surface area contributed by atoms with Crippen LogP contribution in [0.25, 0.3) is 0 Å². The average molecular weight is 249 g/mol. The molecule has 0 saturated carbocycles. The van der Waals surface area contributed by atoms with E-state index in [1.807, 2.05) is 18.7 Å². The maximum absolute atomic E-state index is 12.2. The molecule has 1 fully saturated rings. The van der Waals surface area contributed by atoms with Crippen LogP contribution in [0.1, 0.15) is 34.1 Å². The van der Waals surface area contributed by atoms with E-state index in [1.165, 1.54) is 0 Å². The van der Waals surface area contributed by atoms with Gasteiger partial charge in [0, 0.05) is 19.1 Å². The average Bonchev–Trinajstić information content (AvgIpc) is 2.67. The van der Waals surface area contributed by atoms with Gasteiger partial charge in [-0.15, -0.1) is 12.4 Å². The molecular formula is C12H25ClN2O. The molecule has 0 aromatic heterocycles. The van der Waals surface area contributed by atoms with E-state index in [9.17, 15) is 4.79 Å². The van der Waals surface area contributed by atoms with Gasteiger partial charge in [0.05, 0.1) is 5.92 Å². The molecule has 1 heterocycles. The van der Waals surface area contributed by atoms with Crippen LogP contribution in [0, 0.1) is 11.8 Å². The number of carbonyl (C=O) groups excluding carboxylic acids is 1. The van der Waals surface area contributed by atoms with Gasteiger partial charge in [-0.3, -0.25) is 4.79 Å². The zero-order valence-corrected chi connectivity index (χ0v) is 11.6. The van der Waals surface area contributed by atoms with E-state index in [2.05, 4.69) is 19.2 Å². The fraction of sp³-hybridized carbons (Fsp3) is 0.917. The van der Waals surface area contributed by atoms with Crippen LogP contribution in [0.2, 0.25) is 0 Å². The molecule has 0 bridgehead atoms. The summed E-state index contributed by atoms with van der Waals surface area (Å²) in [6.07, 6.45) is 0.998. The van der Waals surface area contributed by atoms with E-state index in [4.69, 9.17) is 0 Å². The summed E-state index contributed by atoms with van der Waals surface area (Å²) >= 11 is 0. The van der Waals surface area contributed by atoms with Crippen LogP contribution in [-0.2, 0) is 4.79 Å². The van der Waals surface area contributed by atoms with Crippen molar-refractivity contribution >= 4 is 18.3 Å². The van der Waals surface area contributed by atoms with E-state index in [0.717, 1.165) is 26.1 Å². The molecule has 4 heteroatoms. The van der Waals surface area contributed by atoms with Crippen molar-refractivity contribution in [2.45, 2.75) is 40.2 Å². The number of halogens is 1. The van der Waals surface area contributed by atoms with E-state index in [1.54, 1.807) is 0 Å². The number of nitrogens with zero attached hydrogens (tertiary/aromatic N) is 1. The summed E-state index contributed by atoms with van der Waals surface area (Å²) in [6, 6.07) is 0.373. The van der Waals surface area contributed by atoms with Crippen molar-refractivity contribution < 1.29 is 4.79 Å². The molecule has 1 rings (SSSR count). The monoisotopic (exact) mass is 248 g/mol. The number of nitrogens with one attached hydrogen (secondary N) is 1. The molecule has 1 aliphatic heterocycles. The van der Waals surface area contributed by atoms with Crippen LogP contribution in [0.15, 0.2) is 0 Å². The molecule has 0 spiro atoms. The zero-order chi connectivity index (χ0) is 11.4. The van der Waals surface area contributed by atoms with Crippen molar-refractivity contribution in [3.63, 3.8) is 0 Å². The second kappa shape index (κ2) is 7.13. The lowest BCUT2D eigenvalue weighted by Gasteiger charge is -2.28. The Morgan fingerprint density at radius 2 is 1.94 bits per heavy atom. The first-order valence-electron chi connectivity index (χ1n) is 6.13. The summed E-state index contributed by atoms with van der Waals surface area (Å²) in [5.74, 6) is 1.07. The lowest BCUT2D eigenvalue weighted by molar-refractivity contribution is -0.135. The Morgan fingerprint density at radius 3 is 2.38 bits per heavy atom. The first-order chi connectivity index (χ1) is 7.11. The summed E-state index contributed by atoms with van der Waals surface area (Å²) in [4.78, 5) is 14.2. The maximum Gasteiger partial charge on any atom is 0.227 e. The van der Waals surface area contributed by atoms with Gasteiger partial charge in [0.15, 0.2) is 0 Å². The van der Waals surface area contributed by atoms with Crippen LogP contribution in [0.3, 0.4) is 0 Å². The van der Waals surface area contributed by atoms with Crippen LogP contribution >= 0.6 is 12.4 Å². The van der Waals surface area contributed by atoms with E-state index in [-0.39, 0.29) is 18.3 Å². The molecule has 96 valence electrons. The van der Waals surface area contributed by atoms with E-state index in [0.29, 0.717) is 17.9 Å². The van der Waals surface area contributed by atoms with Gasteiger partial charge in [0.2, 0.25) is 5.91 Å². The fourth-order valence-corrected chi connectivity index (χ4v) is 2.47. The molecule has 2 atom stereocenters. The Hall–Kier alpha value is -0.280. The standard InChI is InChI=1S/C12H24N2O.ClH/c1-5-14(6-2)12(15)10-7-8-13-11(10)9(3)4;/h9-11,13H,5-8H2,1-4H3;1H. The van der Waals surface area contributed by atoms with Crippen LogP contribution in [-0.4, -0.2) is 36.5 Å². The van der Waals surface area contributed by atoms with Gasteiger partial charge in [-0.1, -0.05) is 13.8 Å². The first-order valence-corrected chi connectivity index (χ1v) is 6.13. The Morgan fingerprint density at radius 1 is 1.38 bits per heavy atom. The molecule has 2 unspecified atom stereocenters. The van der Waals surface area contributed by atoms with Gasteiger partial charge in [-0.25, -0.2) is 0 Å². The Kier molecular flexibility index (Phi) is 7.00. The highest BCUT2D eigenvalue weighted by molar-refractivity contribution is 5.85. The van der Waals surface area contributed by atoms with Crippen molar-refractivity contribution in [2.24, 2.45) is 11.8 Å². The number of carbonyl (C=O) groups is 1. The summed E-state index contributed by atoms with van der Waals surface area (Å²) in [5.41, 5.74) is 0. The first kappa shape index (κ1) is 15.7. The minimum Gasteiger partial charge on any atom is -0.343 e. The molecule has 1 saturated heterocycles. The predicted octanol–water partition coefficient (Wildman–Crippen LogP) is 1.91. The minimum atomic E-state index is 0. The van der Waals surface area contributed by atoms with Crippen molar-refractivity contribution in [1.29, 1.82) is 0 Å². The minimum absolute atomic E-state index is 0. The fourth-order valence-electron chi connectivity index (χ4n) is 2.47. The number of hydrogen-bond donors (Lipinski definition) is 1. The summed E-state index contributed by atoms with van der Waals surface area (Å²) < 4.78 is 0. The van der Waals surface area contributed by atoms with Crippen molar-refractivity contribution in [2.75, 3.05) is 19.6 Å². The van der Waals surface area contributed by atoms with Crippen molar-refractivity contribution in [1.82, 2.24) is 10.2 Å². The maximum atomic E-state index is 12.2. The van der Waals surface area contributed by atoms with Crippen LogP contribution < -0.4 is 5.32 Å². The second-order valence-corrected chi connectivity index (χ2v) is 4.63. The molecule has 0 aromatic rings. The molecular weight excluding hydrogens is 224 g/mol. The van der Waals surface area contributed by atoms with Crippen LogP contribution in [0.5, 0.6) is 0 Å². The van der Waals surface area contributed by atoms with Crippen molar-refractivity contribution in [3.05, 3.63) is 0 Å². The quantitative estimate of drug-likeness (QED) is 0.825. The Labute approximate surface area is 105 Å². The Balaban J connectivity index is 0.00000225. The number of amides is 1. The molecule has 1 aliphatic rings. The summed E-state index contributed by atoms with van der Waals surface area (Å²) in [7, 11) is 0. The SMILES string of the molecule is CCN(CC)C(=O)C1CCNC1C(C)C.Cl. The molecule has 0 aromatic carbocycles. The predicted molar refractivity (Wildman–Crippen MR) is 69.9 cm³/mol. The summed E-state index contributed by atoms with van der Waals surface area (Å²) in [6.45, 7) is 11.1. The molecule has 1 amide bonds. The highest BCUT2D eigenvalue weighted by atomic mass is 35.5. The summed E-state index contributed by atoms with van der Waals surface area (Å²) in [5, 5.41) is 3.44. The lowest BCUT2D eigenvalue weighted by Crippen LogP contribution is -2.43. The molecule has 0 radical (unpaired) electrons. The van der Waals surface area contributed by atoms with Gasteiger partial charge < -0.3 is 10.2 Å². The third-order valence-electron chi connectivity index (χ3n) is 3.38. The largest absolute Gasteiger partial charge is 0.343 e. The third kappa shape index (κ3) is 3.36. The zero-order valence-electron chi connectivity index (χ0n) is 10.8. The van der Waals surface area contributed by atoms with Gasteiger partial charge in [-0.05, 0) is 32.7 Å². The molecule has 3 nitrogen and oxygen atoms in total.